The van der Waals surface area contributed by atoms with Crippen LogP contribution in [0.1, 0.15) is 107 Å². The number of aliphatic hydroxyl groups excluding tert-OH is 1. The third-order valence-electron chi connectivity index (χ3n) is 14.6. The number of alkyl carbamates (subject to hydrolysis) is 1. The Morgan fingerprint density at radius 1 is 1.07 bits per heavy atom. The van der Waals surface area contributed by atoms with Gasteiger partial charge in [0.05, 0.1) is 23.9 Å². The fourth-order valence-corrected chi connectivity index (χ4v) is 12.9. The van der Waals surface area contributed by atoms with E-state index in [1.165, 1.54) is 12.8 Å². The molecule has 0 bridgehead atoms. The molecule has 234 valence electrons. The molecule has 8 unspecified atom stereocenters. The van der Waals surface area contributed by atoms with Gasteiger partial charge in [-0.2, -0.15) is 0 Å². The van der Waals surface area contributed by atoms with Crippen molar-refractivity contribution in [2.75, 3.05) is 13.7 Å². The fourth-order valence-electron chi connectivity index (χ4n) is 12.9. The van der Waals surface area contributed by atoms with Crippen LogP contribution in [-0.4, -0.2) is 66.1 Å². The molecule has 41 heavy (non-hydrogen) atoms. The minimum Gasteiger partial charge on any atom is -0.446 e. The van der Waals surface area contributed by atoms with Gasteiger partial charge in [-0.1, -0.05) is 34.6 Å². The average molecular weight is 576 g/mol. The van der Waals surface area contributed by atoms with E-state index in [0.29, 0.717) is 30.3 Å². The summed E-state index contributed by atoms with van der Waals surface area (Å²) in [4.78, 5) is 12.2. The molecule has 0 aromatic heterocycles. The number of carbonyl (C=O) groups is 1. The normalized spacial score (nSPS) is 52.2. The maximum absolute atomic E-state index is 12.4. The summed E-state index contributed by atoms with van der Waals surface area (Å²) in [5, 5.41) is 26.1. The van der Waals surface area contributed by atoms with Crippen LogP contribution in [-0.2, 0) is 14.2 Å². The standard InChI is InChI=1S/C34H57NO6/c1-10-39-27(30(5,6)38)20-17-19(2)24-25(40-20)26(36)32(8)22-12-11-21-29(3,4)23(41-28(37)35-9)13-14-33(21)18-34(22,33)16-15-31(24,32)7/h19-27,36,38H,10-18H2,1-9H3,(H,35,37)/t19-,20?,21+,22?,23?,24+,25?,26+,27?,31?,32-,33?,34?/m1/s1. The van der Waals surface area contributed by atoms with E-state index in [9.17, 15) is 15.0 Å². The molecule has 1 amide bonds. The largest absolute Gasteiger partial charge is 0.446 e. The number of hydrogen-bond donors (Lipinski definition) is 3. The maximum Gasteiger partial charge on any atom is 0.407 e. The van der Waals surface area contributed by atoms with Crippen LogP contribution in [0.5, 0.6) is 0 Å². The van der Waals surface area contributed by atoms with Gasteiger partial charge in [-0.25, -0.2) is 4.79 Å². The van der Waals surface area contributed by atoms with Gasteiger partial charge in [-0.3, -0.25) is 0 Å². The van der Waals surface area contributed by atoms with Gasteiger partial charge >= 0.3 is 6.09 Å². The Morgan fingerprint density at radius 2 is 1.73 bits per heavy atom. The van der Waals surface area contributed by atoms with Crippen molar-refractivity contribution in [1.29, 1.82) is 0 Å². The average Bonchev–Trinajstić information content (AvgIpc) is 3.52. The summed E-state index contributed by atoms with van der Waals surface area (Å²) in [7, 11) is 1.64. The zero-order chi connectivity index (χ0) is 30.0. The highest BCUT2D eigenvalue weighted by Crippen LogP contribution is 2.89. The molecule has 6 fully saturated rings. The van der Waals surface area contributed by atoms with Gasteiger partial charge in [0.15, 0.2) is 0 Å². The van der Waals surface area contributed by atoms with E-state index in [1.807, 2.05) is 20.8 Å². The van der Waals surface area contributed by atoms with Crippen molar-refractivity contribution in [2.45, 2.75) is 143 Å². The molecule has 0 radical (unpaired) electrons. The minimum absolute atomic E-state index is 0.00110. The number of hydrogen-bond acceptors (Lipinski definition) is 6. The van der Waals surface area contributed by atoms with Crippen molar-refractivity contribution in [2.24, 2.45) is 50.7 Å². The SMILES string of the molecule is CCOC(C1C[C@@H](C)[C@H]2C(O1)[C@H](O)[C@@]1(C)C3CC[C@H]4C(C)(C)C(OC(=O)NC)CCC45CC35CCC21C)C(C)(C)O. The Balaban J connectivity index is 1.31. The van der Waals surface area contributed by atoms with Gasteiger partial charge in [0.2, 0.25) is 0 Å². The lowest BCUT2D eigenvalue weighted by atomic mass is 9.41. The second-order valence-electron chi connectivity index (χ2n) is 16.7. The van der Waals surface area contributed by atoms with Gasteiger partial charge in [0.25, 0.3) is 0 Å². The molecular formula is C34H57NO6. The smallest absolute Gasteiger partial charge is 0.407 e. The second-order valence-corrected chi connectivity index (χ2v) is 16.7. The van der Waals surface area contributed by atoms with Gasteiger partial charge in [0.1, 0.15) is 12.2 Å². The number of nitrogens with one attached hydrogen (secondary N) is 1. The van der Waals surface area contributed by atoms with Crippen molar-refractivity contribution in [3.63, 3.8) is 0 Å². The minimum atomic E-state index is -1.02. The van der Waals surface area contributed by atoms with E-state index >= 15 is 0 Å². The third kappa shape index (κ3) is 3.73. The monoisotopic (exact) mass is 575 g/mol. The maximum atomic E-state index is 12.4. The van der Waals surface area contributed by atoms with Gasteiger partial charge in [-0.05, 0) is 112 Å². The molecule has 1 aliphatic heterocycles. The Morgan fingerprint density at radius 3 is 2.37 bits per heavy atom. The molecule has 1 heterocycles. The second kappa shape index (κ2) is 9.31. The Bertz CT molecular complexity index is 1060. The van der Waals surface area contributed by atoms with Crippen molar-refractivity contribution < 1.29 is 29.2 Å². The molecule has 5 aliphatic carbocycles. The highest BCUT2D eigenvalue weighted by atomic mass is 16.6. The molecule has 7 heteroatoms. The predicted molar refractivity (Wildman–Crippen MR) is 157 cm³/mol. The summed E-state index contributed by atoms with van der Waals surface area (Å²) in [6.45, 7) is 18.0. The van der Waals surface area contributed by atoms with Crippen LogP contribution in [0.2, 0.25) is 0 Å². The highest BCUT2D eigenvalue weighted by Gasteiger charge is 2.84. The van der Waals surface area contributed by atoms with E-state index in [4.69, 9.17) is 14.2 Å². The van der Waals surface area contributed by atoms with Crippen molar-refractivity contribution in [1.82, 2.24) is 5.32 Å². The first-order valence-corrected chi connectivity index (χ1v) is 16.6. The molecule has 7 nitrogen and oxygen atoms in total. The van der Waals surface area contributed by atoms with Gasteiger partial charge in [0, 0.05) is 24.5 Å². The van der Waals surface area contributed by atoms with E-state index in [1.54, 1.807) is 7.05 Å². The topological polar surface area (TPSA) is 97.3 Å². The zero-order valence-electron chi connectivity index (χ0n) is 27.1. The summed E-state index contributed by atoms with van der Waals surface area (Å²) in [6, 6.07) is 0. The molecule has 2 spiro atoms. The molecule has 6 rings (SSSR count). The van der Waals surface area contributed by atoms with Crippen LogP contribution >= 0.6 is 0 Å². The van der Waals surface area contributed by atoms with Crippen molar-refractivity contribution in [3.05, 3.63) is 0 Å². The summed E-state index contributed by atoms with van der Waals surface area (Å²) in [5.41, 5.74) is -0.771. The lowest BCUT2D eigenvalue weighted by Gasteiger charge is -2.63. The number of ether oxygens (including phenoxy) is 3. The first-order chi connectivity index (χ1) is 19.0. The lowest BCUT2D eigenvalue weighted by Crippen LogP contribution is -2.60. The molecule has 5 saturated carbocycles. The quantitative estimate of drug-likeness (QED) is 0.389. The van der Waals surface area contributed by atoms with Crippen molar-refractivity contribution >= 4 is 6.09 Å². The first kappa shape index (κ1) is 30.1. The van der Waals surface area contributed by atoms with Crippen molar-refractivity contribution in [3.8, 4) is 0 Å². The number of aliphatic hydroxyl groups is 2. The first-order valence-electron chi connectivity index (χ1n) is 16.6. The van der Waals surface area contributed by atoms with Gasteiger partial charge in [-0.15, -0.1) is 0 Å². The Labute approximate surface area is 247 Å². The number of carbonyl (C=O) groups excluding carboxylic acids is 1. The summed E-state index contributed by atoms with van der Waals surface area (Å²) in [6.07, 6.45) is 6.94. The molecule has 6 aliphatic rings. The molecule has 3 N–H and O–H groups in total. The summed E-state index contributed by atoms with van der Waals surface area (Å²) >= 11 is 0. The van der Waals surface area contributed by atoms with E-state index < -0.39 is 17.8 Å². The number of amides is 1. The zero-order valence-corrected chi connectivity index (χ0v) is 27.1. The van der Waals surface area contributed by atoms with Crippen LogP contribution in [0.25, 0.3) is 0 Å². The highest BCUT2D eigenvalue weighted by molar-refractivity contribution is 5.67. The van der Waals surface area contributed by atoms with Gasteiger partial charge < -0.3 is 29.7 Å². The molecule has 0 aromatic rings. The van der Waals surface area contributed by atoms with E-state index in [0.717, 1.165) is 38.5 Å². The predicted octanol–water partition coefficient (Wildman–Crippen LogP) is 5.70. The van der Waals surface area contributed by atoms with Crippen LogP contribution in [0.4, 0.5) is 4.79 Å². The van der Waals surface area contributed by atoms with Crippen LogP contribution in [0, 0.1) is 50.7 Å². The van der Waals surface area contributed by atoms with Crippen LogP contribution in [0.3, 0.4) is 0 Å². The fraction of sp³-hybridized carbons (Fsp3) is 0.971. The molecule has 0 aromatic carbocycles. The third-order valence-corrected chi connectivity index (χ3v) is 14.6. The number of fused-ring (bicyclic) bond motifs is 4. The summed E-state index contributed by atoms with van der Waals surface area (Å²) < 4.78 is 18.9. The van der Waals surface area contributed by atoms with Crippen LogP contribution in [0.15, 0.2) is 0 Å². The van der Waals surface area contributed by atoms with E-state index in [2.05, 4.69) is 39.9 Å². The molecule has 1 saturated heterocycles. The molecule has 13 atom stereocenters. The number of rotatable bonds is 5. The lowest BCUT2D eigenvalue weighted by molar-refractivity contribution is -0.215. The van der Waals surface area contributed by atoms with Crippen LogP contribution < -0.4 is 5.32 Å². The molecular weight excluding hydrogens is 518 g/mol. The Kier molecular flexibility index (Phi) is 6.85. The van der Waals surface area contributed by atoms with E-state index in [-0.39, 0.29) is 51.5 Å². The summed E-state index contributed by atoms with van der Waals surface area (Å²) in [5.74, 6) is 1.66. The Hall–Kier alpha value is -0.890.